The molecule has 7 heteroatoms. The maximum atomic E-state index is 11.9. The Morgan fingerprint density at radius 3 is 2.89 bits per heavy atom. The topological polar surface area (TPSA) is 80.5 Å². The van der Waals surface area contributed by atoms with Crippen LogP contribution in [0, 0.1) is 0 Å². The van der Waals surface area contributed by atoms with Gasteiger partial charge in [-0.05, 0) is 0 Å². The van der Waals surface area contributed by atoms with Gasteiger partial charge in [0, 0.05) is 39.6 Å². The van der Waals surface area contributed by atoms with Crippen molar-refractivity contribution in [2.75, 3.05) is 26.8 Å². The second-order valence-electron chi connectivity index (χ2n) is 4.68. The summed E-state index contributed by atoms with van der Waals surface area (Å²) in [5.74, 6) is -0.0968. The fourth-order valence-electron chi connectivity index (χ4n) is 2.01. The predicted octanol–water partition coefficient (Wildman–Crippen LogP) is -0.722. The molecule has 1 aromatic heterocycles. The molecule has 2 heterocycles. The Balaban J connectivity index is 1.86. The Hall–Kier alpha value is -1.47. The van der Waals surface area contributed by atoms with Gasteiger partial charge in [0.15, 0.2) is 0 Å². The molecule has 100 valence electrons. The van der Waals surface area contributed by atoms with Crippen molar-refractivity contribution in [1.29, 1.82) is 0 Å². The first-order valence-electron chi connectivity index (χ1n) is 5.96. The first-order valence-corrected chi connectivity index (χ1v) is 5.96. The van der Waals surface area contributed by atoms with E-state index in [0.717, 1.165) is 0 Å². The number of aliphatic hydroxyl groups is 1. The Morgan fingerprint density at radius 2 is 2.28 bits per heavy atom. The van der Waals surface area contributed by atoms with Crippen LogP contribution < -0.4 is 0 Å². The highest BCUT2D eigenvalue weighted by molar-refractivity contribution is 5.75. The lowest BCUT2D eigenvalue weighted by Crippen LogP contribution is -2.48. The molecule has 0 spiro atoms. The molecule has 1 aliphatic rings. The van der Waals surface area contributed by atoms with Crippen molar-refractivity contribution in [1.82, 2.24) is 19.7 Å². The summed E-state index contributed by atoms with van der Waals surface area (Å²) in [6, 6.07) is 0. The summed E-state index contributed by atoms with van der Waals surface area (Å²) in [5, 5.41) is 14.2. The minimum atomic E-state index is -0.828. The molecule has 0 radical (unpaired) electrons. The van der Waals surface area contributed by atoms with Gasteiger partial charge in [0.05, 0.1) is 5.60 Å². The van der Waals surface area contributed by atoms with Crippen molar-refractivity contribution in [3.05, 3.63) is 12.7 Å². The number of carbonyl (C=O) groups is 1. The molecule has 0 aliphatic carbocycles. The van der Waals surface area contributed by atoms with Crippen LogP contribution in [0.4, 0.5) is 0 Å². The first kappa shape index (κ1) is 13.0. The van der Waals surface area contributed by atoms with Gasteiger partial charge in [-0.15, -0.1) is 0 Å². The number of amides is 1. The molecule has 0 bridgehead atoms. The van der Waals surface area contributed by atoms with Crippen molar-refractivity contribution in [2.45, 2.75) is 25.0 Å². The molecule has 7 nitrogen and oxygen atoms in total. The van der Waals surface area contributed by atoms with Crippen LogP contribution in [0.2, 0.25) is 0 Å². The van der Waals surface area contributed by atoms with Crippen LogP contribution >= 0.6 is 0 Å². The lowest BCUT2D eigenvalue weighted by atomic mass is 9.94. The number of ether oxygens (including phenoxy) is 1. The fourth-order valence-corrected chi connectivity index (χ4v) is 2.01. The summed E-state index contributed by atoms with van der Waals surface area (Å²) in [7, 11) is 1.69. The minimum Gasteiger partial charge on any atom is -0.388 e. The summed E-state index contributed by atoms with van der Waals surface area (Å²) in [6.07, 6.45) is 4.01. The van der Waals surface area contributed by atoms with Gasteiger partial charge >= 0.3 is 0 Å². The van der Waals surface area contributed by atoms with Crippen LogP contribution in [-0.2, 0) is 16.1 Å². The standard InChI is InChI=1S/C11H18N4O3/c1-14(7-11(17)2-4-18-5-3-11)10(16)6-15-9-12-8-13-15/h8-9,17H,2-7H2,1H3. The number of rotatable bonds is 4. The second kappa shape index (κ2) is 5.45. The van der Waals surface area contributed by atoms with E-state index in [2.05, 4.69) is 10.1 Å². The molecule has 1 aromatic rings. The van der Waals surface area contributed by atoms with Crippen LogP contribution in [0.1, 0.15) is 12.8 Å². The summed E-state index contributed by atoms with van der Waals surface area (Å²) in [6.45, 7) is 1.55. The van der Waals surface area contributed by atoms with Crippen LogP contribution in [0.15, 0.2) is 12.7 Å². The van der Waals surface area contributed by atoms with E-state index >= 15 is 0 Å². The molecule has 1 fully saturated rings. The van der Waals surface area contributed by atoms with E-state index in [1.807, 2.05) is 0 Å². The van der Waals surface area contributed by atoms with Gasteiger partial charge in [0.25, 0.3) is 0 Å². The van der Waals surface area contributed by atoms with Crippen LogP contribution in [-0.4, -0.2) is 63.1 Å². The first-order chi connectivity index (χ1) is 8.59. The Labute approximate surface area is 105 Å². The van der Waals surface area contributed by atoms with E-state index in [1.54, 1.807) is 7.05 Å². The molecule has 0 unspecified atom stereocenters. The molecule has 18 heavy (non-hydrogen) atoms. The number of carbonyl (C=O) groups excluding carboxylic acids is 1. The molecule has 1 amide bonds. The van der Waals surface area contributed by atoms with E-state index in [4.69, 9.17) is 4.74 Å². The normalized spacial score (nSPS) is 18.6. The van der Waals surface area contributed by atoms with Gasteiger partial charge in [-0.1, -0.05) is 0 Å². The third-order valence-electron chi connectivity index (χ3n) is 3.14. The average molecular weight is 254 g/mol. The number of likely N-dealkylation sites (N-methyl/N-ethyl adjacent to an activating group) is 1. The van der Waals surface area contributed by atoms with Gasteiger partial charge in [-0.2, -0.15) is 5.10 Å². The maximum Gasteiger partial charge on any atom is 0.244 e. The van der Waals surface area contributed by atoms with E-state index in [0.29, 0.717) is 32.6 Å². The largest absolute Gasteiger partial charge is 0.388 e. The van der Waals surface area contributed by atoms with Crippen molar-refractivity contribution in [3.8, 4) is 0 Å². The minimum absolute atomic E-state index is 0.0968. The van der Waals surface area contributed by atoms with E-state index in [1.165, 1.54) is 22.2 Å². The van der Waals surface area contributed by atoms with Gasteiger partial charge in [0.1, 0.15) is 19.2 Å². The Morgan fingerprint density at radius 1 is 1.56 bits per heavy atom. The third-order valence-corrected chi connectivity index (χ3v) is 3.14. The monoisotopic (exact) mass is 254 g/mol. The van der Waals surface area contributed by atoms with E-state index < -0.39 is 5.60 Å². The van der Waals surface area contributed by atoms with Crippen molar-refractivity contribution >= 4 is 5.91 Å². The van der Waals surface area contributed by atoms with Gasteiger partial charge < -0.3 is 14.7 Å². The fraction of sp³-hybridized carbons (Fsp3) is 0.727. The smallest absolute Gasteiger partial charge is 0.244 e. The average Bonchev–Trinajstić information content (AvgIpc) is 2.82. The summed E-state index contributed by atoms with van der Waals surface area (Å²) >= 11 is 0. The van der Waals surface area contributed by atoms with Crippen LogP contribution in [0.25, 0.3) is 0 Å². The molecule has 0 saturated carbocycles. The third kappa shape index (κ3) is 3.27. The molecular weight excluding hydrogens is 236 g/mol. The summed E-state index contributed by atoms with van der Waals surface area (Å²) in [5.41, 5.74) is -0.828. The van der Waals surface area contributed by atoms with Crippen LogP contribution in [0.3, 0.4) is 0 Å². The number of hydrogen-bond donors (Lipinski definition) is 1. The van der Waals surface area contributed by atoms with E-state index in [-0.39, 0.29) is 12.5 Å². The maximum absolute atomic E-state index is 11.9. The molecule has 1 saturated heterocycles. The Kier molecular flexibility index (Phi) is 3.93. The van der Waals surface area contributed by atoms with E-state index in [9.17, 15) is 9.90 Å². The SMILES string of the molecule is CN(CC1(O)CCOCC1)C(=O)Cn1cncn1. The molecule has 1 aliphatic heterocycles. The Bertz CT molecular complexity index is 387. The highest BCUT2D eigenvalue weighted by Crippen LogP contribution is 2.21. The lowest BCUT2D eigenvalue weighted by Gasteiger charge is -2.35. The van der Waals surface area contributed by atoms with Crippen molar-refractivity contribution in [2.24, 2.45) is 0 Å². The number of hydrogen-bond acceptors (Lipinski definition) is 5. The zero-order chi connectivity index (χ0) is 13.0. The molecule has 1 N–H and O–H groups in total. The molecule has 0 atom stereocenters. The number of aromatic nitrogens is 3. The quantitative estimate of drug-likeness (QED) is 0.767. The lowest BCUT2D eigenvalue weighted by molar-refractivity contribution is -0.137. The van der Waals surface area contributed by atoms with Crippen LogP contribution in [0.5, 0.6) is 0 Å². The van der Waals surface area contributed by atoms with Gasteiger partial charge in [-0.25, -0.2) is 9.67 Å². The zero-order valence-corrected chi connectivity index (χ0v) is 10.4. The number of nitrogens with zero attached hydrogens (tertiary/aromatic N) is 4. The highest BCUT2D eigenvalue weighted by Gasteiger charge is 2.32. The highest BCUT2D eigenvalue weighted by atomic mass is 16.5. The van der Waals surface area contributed by atoms with Crippen molar-refractivity contribution in [3.63, 3.8) is 0 Å². The van der Waals surface area contributed by atoms with Crippen molar-refractivity contribution < 1.29 is 14.6 Å². The molecule has 2 rings (SSSR count). The summed E-state index contributed by atoms with van der Waals surface area (Å²) < 4.78 is 6.67. The van der Waals surface area contributed by atoms with Gasteiger partial charge in [0.2, 0.25) is 5.91 Å². The molecular formula is C11H18N4O3. The zero-order valence-electron chi connectivity index (χ0n) is 10.4. The predicted molar refractivity (Wildman–Crippen MR) is 62.7 cm³/mol. The second-order valence-corrected chi connectivity index (χ2v) is 4.68. The summed E-state index contributed by atoms with van der Waals surface area (Å²) in [4.78, 5) is 17.2. The molecule has 0 aromatic carbocycles. The van der Waals surface area contributed by atoms with Gasteiger partial charge in [-0.3, -0.25) is 4.79 Å².